The molecule has 0 aliphatic heterocycles. The number of carboxylic acid groups (broad SMARTS) is 1. The molecule has 6 N–H and O–H groups in total. The van der Waals surface area contributed by atoms with E-state index in [-0.39, 0.29) is 12.8 Å². The van der Waals surface area contributed by atoms with Gasteiger partial charge < -0.3 is 26.6 Å². The van der Waals surface area contributed by atoms with Gasteiger partial charge in [-0.05, 0) is 57.6 Å². The molecule has 29 heavy (non-hydrogen) atoms. The summed E-state index contributed by atoms with van der Waals surface area (Å²) in [6.45, 7) is 5.10. The number of nitrogens with one attached hydrogen (secondary N) is 1. The van der Waals surface area contributed by atoms with Crippen molar-refractivity contribution in [1.29, 1.82) is 0 Å². The van der Waals surface area contributed by atoms with E-state index in [1.807, 2.05) is 0 Å². The summed E-state index contributed by atoms with van der Waals surface area (Å²) >= 11 is 0. The normalized spacial score (nSPS) is 22.1. The van der Waals surface area contributed by atoms with Crippen molar-refractivity contribution in [3.05, 3.63) is 24.0 Å². The number of carbonyl (C=O) groups is 2. The minimum absolute atomic E-state index is 0.0514. The number of alkyl halides is 3. The van der Waals surface area contributed by atoms with Crippen LogP contribution in [-0.2, 0) is 4.74 Å². The maximum Gasteiger partial charge on any atom is 0.407 e. The van der Waals surface area contributed by atoms with Crippen LogP contribution >= 0.6 is 0 Å². The number of carbonyl (C=O) groups excluding carboxylic acids is 1. The van der Waals surface area contributed by atoms with Gasteiger partial charge in [0.25, 0.3) is 0 Å². The van der Waals surface area contributed by atoms with Gasteiger partial charge in [-0.2, -0.15) is 13.2 Å². The van der Waals surface area contributed by atoms with Crippen LogP contribution in [0.15, 0.2) is 18.5 Å². The van der Waals surface area contributed by atoms with Crippen LogP contribution in [0.1, 0.15) is 51.5 Å². The Hall–Kier alpha value is -2.72. The fraction of sp³-hybridized carbons (Fsp3) is 0.611. The highest BCUT2D eigenvalue weighted by Crippen LogP contribution is 2.44. The van der Waals surface area contributed by atoms with Crippen molar-refractivity contribution in [2.75, 3.05) is 5.73 Å². The molecule has 8 nitrogen and oxygen atoms in total. The number of primary amides is 1. The Balaban J connectivity index is 0.000000960. The third-order valence-corrected chi connectivity index (χ3v) is 4.22. The van der Waals surface area contributed by atoms with E-state index < -0.39 is 41.8 Å². The number of nitrogen functional groups attached to an aromatic ring is 1. The highest BCUT2D eigenvalue weighted by Gasteiger charge is 2.46. The standard InChI is InChI=1S/C17H24F3N3O2.CH3NO2/c1-16(2,3)25-15(24)23-12-7-10(6-11(8-12)17(18,19)20)13-4-5-22-9-14(13)21;2-1(3)4/h4-5,9-12H,6-8,21H2,1-3H3,(H,23,24);2H2,(H,3,4)/t10-,11+,12-;/m1./s1. The molecule has 0 saturated heterocycles. The molecule has 1 heterocycles. The molecule has 2 amide bonds. The predicted octanol–water partition coefficient (Wildman–Crippen LogP) is 3.63. The molecule has 11 heteroatoms. The van der Waals surface area contributed by atoms with Crippen LogP contribution in [0.2, 0.25) is 0 Å². The average Bonchev–Trinajstić information content (AvgIpc) is 2.51. The average molecular weight is 420 g/mol. The van der Waals surface area contributed by atoms with Crippen LogP contribution in [0.5, 0.6) is 0 Å². The Morgan fingerprint density at radius 3 is 2.31 bits per heavy atom. The number of aromatic nitrogens is 1. The lowest BCUT2D eigenvalue weighted by molar-refractivity contribution is -0.185. The SMILES string of the molecule is CC(C)(C)OC(=O)N[C@@H]1C[C@H](c2ccncc2N)C[C@H](C(F)(F)F)C1.NC(=O)O. The van der Waals surface area contributed by atoms with Gasteiger partial charge in [-0.1, -0.05) is 0 Å². The van der Waals surface area contributed by atoms with E-state index in [1.54, 1.807) is 26.8 Å². The molecule has 0 radical (unpaired) electrons. The minimum Gasteiger partial charge on any atom is -0.465 e. The van der Waals surface area contributed by atoms with Gasteiger partial charge in [0.1, 0.15) is 5.60 Å². The number of alkyl carbamates (subject to hydrolysis) is 1. The topological polar surface area (TPSA) is 141 Å². The molecule has 3 atom stereocenters. The van der Waals surface area contributed by atoms with E-state index in [1.165, 1.54) is 12.4 Å². The Labute approximate surface area is 166 Å². The van der Waals surface area contributed by atoms with Crippen LogP contribution in [0.25, 0.3) is 0 Å². The van der Waals surface area contributed by atoms with Gasteiger partial charge in [-0.25, -0.2) is 9.59 Å². The van der Waals surface area contributed by atoms with Crippen molar-refractivity contribution in [3.8, 4) is 0 Å². The smallest absolute Gasteiger partial charge is 0.407 e. The first-order valence-electron chi connectivity index (χ1n) is 8.93. The van der Waals surface area contributed by atoms with Crippen LogP contribution in [-0.4, -0.2) is 40.1 Å². The molecule has 1 saturated carbocycles. The molecular formula is C18H27F3N4O4. The van der Waals surface area contributed by atoms with E-state index in [4.69, 9.17) is 20.4 Å². The summed E-state index contributed by atoms with van der Waals surface area (Å²) in [6, 6.07) is 1.01. The lowest BCUT2D eigenvalue weighted by Crippen LogP contribution is -2.45. The maximum atomic E-state index is 13.3. The zero-order chi connectivity index (χ0) is 22.4. The molecule has 0 spiro atoms. The van der Waals surface area contributed by atoms with Gasteiger partial charge >= 0.3 is 18.4 Å². The summed E-state index contributed by atoms with van der Waals surface area (Å²) in [7, 11) is 0. The van der Waals surface area contributed by atoms with Crippen molar-refractivity contribution in [2.45, 2.75) is 63.8 Å². The molecule has 1 aromatic heterocycles. The summed E-state index contributed by atoms with van der Waals surface area (Å²) in [6.07, 6.45) is -3.26. The van der Waals surface area contributed by atoms with E-state index in [0.717, 1.165) is 0 Å². The molecule has 1 aliphatic rings. The molecule has 2 rings (SSSR count). The molecule has 1 aromatic rings. The number of hydrogen-bond donors (Lipinski definition) is 4. The van der Waals surface area contributed by atoms with Gasteiger partial charge in [0.15, 0.2) is 0 Å². The number of rotatable bonds is 2. The van der Waals surface area contributed by atoms with Crippen LogP contribution in [0, 0.1) is 5.92 Å². The lowest BCUT2D eigenvalue weighted by Gasteiger charge is -2.37. The highest BCUT2D eigenvalue weighted by atomic mass is 19.4. The Bertz CT molecular complexity index is 703. The van der Waals surface area contributed by atoms with Crippen molar-refractivity contribution in [2.24, 2.45) is 11.7 Å². The number of hydrogen-bond acceptors (Lipinski definition) is 5. The molecular weight excluding hydrogens is 393 g/mol. The van der Waals surface area contributed by atoms with Crippen molar-refractivity contribution >= 4 is 17.9 Å². The first-order valence-corrected chi connectivity index (χ1v) is 8.93. The highest BCUT2D eigenvalue weighted by molar-refractivity contribution is 5.68. The molecule has 0 aromatic carbocycles. The van der Waals surface area contributed by atoms with Crippen LogP contribution in [0.4, 0.5) is 28.4 Å². The summed E-state index contributed by atoms with van der Waals surface area (Å²) in [5.41, 5.74) is 10.2. The van der Waals surface area contributed by atoms with E-state index >= 15 is 0 Å². The number of nitrogens with zero attached hydrogens (tertiary/aromatic N) is 1. The molecule has 1 aliphatic carbocycles. The third kappa shape index (κ3) is 8.88. The van der Waals surface area contributed by atoms with Crippen molar-refractivity contribution < 1.29 is 32.6 Å². The predicted molar refractivity (Wildman–Crippen MR) is 100 cm³/mol. The van der Waals surface area contributed by atoms with E-state index in [2.05, 4.69) is 16.0 Å². The van der Waals surface area contributed by atoms with Gasteiger partial charge in [0.05, 0.1) is 17.8 Å². The van der Waals surface area contributed by atoms with E-state index in [9.17, 15) is 18.0 Å². The fourth-order valence-electron chi connectivity index (χ4n) is 3.22. The Morgan fingerprint density at radius 1 is 1.24 bits per heavy atom. The molecule has 1 fully saturated rings. The minimum atomic E-state index is -4.33. The van der Waals surface area contributed by atoms with Gasteiger partial charge in [-0.3, -0.25) is 4.98 Å². The summed E-state index contributed by atoms with van der Waals surface area (Å²) < 4.78 is 45.1. The third-order valence-electron chi connectivity index (χ3n) is 4.22. The van der Waals surface area contributed by atoms with Gasteiger partial charge in [-0.15, -0.1) is 0 Å². The van der Waals surface area contributed by atoms with Crippen LogP contribution in [0.3, 0.4) is 0 Å². The van der Waals surface area contributed by atoms with Gasteiger partial charge in [0.2, 0.25) is 0 Å². The number of anilines is 1. The first-order chi connectivity index (χ1) is 13.2. The van der Waals surface area contributed by atoms with Crippen molar-refractivity contribution in [3.63, 3.8) is 0 Å². The second-order valence-corrected chi connectivity index (χ2v) is 7.83. The lowest BCUT2D eigenvalue weighted by atomic mass is 9.75. The first kappa shape index (κ1) is 24.3. The molecule has 0 unspecified atom stereocenters. The Morgan fingerprint density at radius 2 is 1.83 bits per heavy atom. The molecule has 0 bridgehead atoms. The second-order valence-electron chi connectivity index (χ2n) is 7.83. The maximum absolute atomic E-state index is 13.3. The van der Waals surface area contributed by atoms with Crippen LogP contribution < -0.4 is 16.8 Å². The quantitative estimate of drug-likeness (QED) is 0.576. The zero-order valence-corrected chi connectivity index (χ0v) is 16.5. The Kier molecular flexibility index (Phi) is 8.10. The van der Waals surface area contributed by atoms with E-state index in [0.29, 0.717) is 17.7 Å². The summed E-state index contributed by atoms with van der Waals surface area (Å²) in [5.74, 6) is -1.90. The summed E-state index contributed by atoms with van der Waals surface area (Å²) in [4.78, 5) is 24.6. The number of nitrogens with two attached hydrogens (primary N) is 2. The second kappa shape index (κ2) is 9.66. The number of pyridine rings is 1. The van der Waals surface area contributed by atoms with Gasteiger partial charge in [0, 0.05) is 12.2 Å². The zero-order valence-electron chi connectivity index (χ0n) is 16.5. The monoisotopic (exact) mass is 420 g/mol. The number of amides is 2. The largest absolute Gasteiger partial charge is 0.465 e. The van der Waals surface area contributed by atoms with Crippen molar-refractivity contribution in [1.82, 2.24) is 10.3 Å². The molecule has 164 valence electrons. The fourth-order valence-corrected chi connectivity index (χ4v) is 3.22. The number of halogens is 3. The number of ether oxygens (including phenoxy) is 1. The summed E-state index contributed by atoms with van der Waals surface area (Å²) in [5, 5.41) is 9.77.